The molecule has 0 amide bonds. The molecule has 0 aromatic heterocycles. The number of allylic oxidation sites excluding steroid dienone is 4. The van der Waals surface area contributed by atoms with Crippen molar-refractivity contribution in [3.8, 4) is 11.5 Å². The third-order valence-corrected chi connectivity index (χ3v) is 9.47. The van der Waals surface area contributed by atoms with Crippen molar-refractivity contribution in [2.45, 2.75) is 62.2 Å². The highest BCUT2D eigenvalue weighted by Gasteiger charge is 2.22. The van der Waals surface area contributed by atoms with Gasteiger partial charge in [-0.2, -0.15) is 0 Å². The Balaban J connectivity index is 1.82. The zero-order valence-electron chi connectivity index (χ0n) is 21.9. The first kappa shape index (κ1) is 27.8. The molecule has 2 aliphatic carbocycles. The van der Waals surface area contributed by atoms with Gasteiger partial charge in [-0.3, -0.25) is 0 Å². The minimum Gasteiger partial charge on any atom is -0.507 e. The van der Waals surface area contributed by atoms with E-state index in [9.17, 15) is 18.6 Å². The molecule has 0 spiro atoms. The Kier molecular flexibility index (Phi) is 9.53. The number of phenolic OH excluding ortho intramolecular Hbond substituents is 2. The Bertz CT molecular complexity index is 1420. The van der Waals surface area contributed by atoms with E-state index in [1.54, 1.807) is 0 Å². The zero-order valence-corrected chi connectivity index (χ0v) is 23.5. The average Bonchev–Trinajstić information content (AvgIpc) is 2.91. The number of rotatable bonds is 4. The molecular weight excluding hydrogens is 512 g/mol. The van der Waals surface area contributed by atoms with Gasteiger partial charge in [-0.1, -0.05) is 59.7 Å². The number of fused-ring (bicyclic) bond motifs is 10. The summed E-state index contributed by atoms with van der Waals surface area (Å²) >= 11 is 0. The predicted octanol–water partition coefficient (Wildman–Crippen LogP) is 7.92. The zero-order chi connectivity index (χ0) is 27.1. The van der Waals surface area contributed by atoms with Gasteiger partial charge in [0.05, 0.1) is 31.4 Å². The van der Waals surface area contributed by atoms with E-state index in [-0.39, 0.29) is 11.5 Å². The summed E-state index contributed by atoms with van der Waals surface area (Å²) in [5.41, 5.74) is 2.75. The van der Waals surface area contributed by atoms with Gasteiger partial charge in [-0.15, -0.1) is 0 Å². The van der Waals surface area contributed by atoms with Gasteiger partial charge in [-0.25, -0.2) is 8.42 Å². The van der Waals surface area contributed by atoms with E-state index < -0.39 is 21.6 Å². The molecule has 38 heavy (non-hydrogen) atoms. The van der Waals surface area contributed by atoms with Gasteiger partial charge in [0, 0.05) is 20.9 Å². The molecule has 0 saturated heterocycles. The Labute approximate surface area is 230 Å². The van der Waals surface area contributed by atoms with Gasteiger partial charge in [0.1, 0.15) is 11.5 Å². The molecule has 2 unspecified atom stereocenters. The highest BCUT2D eigenvalue weighted by Crippen LogP contribution is 2.40. The predicted molar refractivity (Wildman–Crippen MR) is 158 cm³/mol. The lowest BCUT2D eigenvalue weighted by Crippen LogP contribution is -2.01. The van der Waals surface area contributed by atoms with Crippen LogP contribution in [0.15, 0.2) is 94.8 Å². The van der Waals surface area contributed by atoms with Crippen LogP contribution >= 0.6 is 0 Å². The minimum absolute atomic E-state index is 0.108. The van der Waals surface area contributed by atoms with Crippen LogP contribution in [0.25, 0.3) is 9.81 Å². The topological polar surface area (TPSA) is 74.6 Å². The summed E-state index contributed by atoms with van der Waals surface area (Å²) in [4.78, 5) is 2.15. The normalized spacial score (nSPS) is 20.1. The van der Waals surface area contributed by atoms with E-state index in [2.05, 4.69) is 12.2 Å². The highest BCUT2D eigenvalue weighted by atomic mass is 32.2. The van der Waals surface area contributed by atoms with E-state index in [0.717, 1.165) is 36.8 Å². The van der Waals surface area contributed by atoms with Gasteiger partial charge in [0.25, 0.3) is 0 Å². The molecule has 0 saturated carbocycles. The SMILES string of the molecule is Cc1ccc(S(=O)/C2=C/CC/C=C\CCCC/C=C(/S(=O)c3ccc(C)cc3)c3cc(O)c2cc3O)cc1. The standard InChI is InChI=1S/C32H34O4S2/c1-23-13-17-25(18-14-23)37(35)31-11-9-7-5-3-4-6-8-10-12-32(28-22-29(33)27(31)21-30(28)34)38(36)26-19-15-24(2)16-20-26/h3,5,11-22,33-34H,4,6-10H2,1-2H3/b5-3-,31-11+,32-12+. The molecule has 2 bridgehead atoms. The summed E-state index contributed by atoms with van der Waals surface area (Å²) in [5.74, 6) is -0.220. The summed E-state index contributed by atoms with van der Waals surface area (Å²) in [6, 6.07) is 17.8. The van der Waals surface area contributed by atoms with Crippen molar-refractivity contribution in [3.05, 3.63) is 107 Å². The maximum atomic E-state index is 13.7. The molecular formula is C32H34O4S2. The molecule has 198 valence electrons. The van der Waals surface area contributed by atoms with Crippen molar-refractivity contribution in [1.29, 1.82) is 0 Å². The minimum atomic E-state index is -1.57. The molecule has 6 heteroatoms. The van der Waals surface area contributed by atoms with Crippen LogP contribution in [0, 0.1) is 13.8 Å². The fraction of sp³-hybridized carbons (Fsp3) is 0.250. The van der Waals surface area contributed by atoms with Crippen LogP contribution in [0.4, 0.5) is 0 Å². The van der Waals surface area contributed by atoms with Gasteiger partial charge in [0.15, 0.2) is 0 Å². The summed E-state index contributed by atoms with van der Waals surface area (Å²) in [5, 5.41) is 22.4. The van der Waals surface area contributed by atoms with E-state index in [4.69, 9.17) is 0 Å². The van der Waals surface area contributed by atoms with Crippen molar-refractivity contribution in [2.75, 3.05) is 0 Å². The molecule has 3 aromatic rings. The molecule has 4 nitrogen and oxygen atoms in total. The number of aryl methyl sites for hydroxylation is 2. The Morgan fingerprint density at radius 1 is 0.579 bits per heavy atom. The molecule has 2 aliphatic rings. The summed E-state index contributed by atoms with van der Waals surface area (Å²) < 4.78 is 27.3. The van der Waals surface area contributed by atoms with Crippen LogP contribution in [0.1, 0.15) is 60.8 Å². The molecule has 0 fully saturated rings. The van der Waals surface area contributed by atoms with E-state index in [0.29, 0.717) is 43.6 Å². The van der Waals surface area contributed by atoms with Crippen LogP contribution in [0.5, 0.6) is 11.5 Å². The number of benzene rings is 3. The lowest BCUT2D eigenvalue weighted by molar-refractivity contribution is 0.458. The van der Waals surface area contributed by atoms with E-state index in [1.165, 1.54) is 12.1 Å². The number of hydrogen-bond donors (Lipinski definition) is 2. The van der Waals surface area contributed by atoms with Crippen molar-refractivity contribution >= 4 is 31.4 Å². The van der Waals surface area contributed by atoms with Crippen LogP contribution in [0.2, 0.25) is 0 Å². The van der Waals surface area contributed by atoms with Gasteiger partial charge >= 0.3 is 0 Å². The fourth-order valence-corrected chi connectivity index (χ4v) is 6.85. The van der Waals surface area contributed by atoms with Gasteiger partial charge in [-0.05, 0) is 88.8 Å². The quantitative estimate of drug-likeness (QED) is 0.257. The monoisotopic (exact) mass is 546 g/mol. The van der Waals surface area contributed by atoms with Crippen LogP contribution < -0.4 is 0 Å². The molecule has 2 atom stereocenters. The first-order valence-corrected chi connectivity index (χ1v) is 15.2. The molecule has 0 heterocycles. The first-order valence-electron chi connectivity index (χ1n) is 12.9. The second-order valence-electron chi connectivity index (χ2n) is 9.52. The molecule has 3 aromatic carbocycles. The first-order chi connectivity index (χ1) is 18.3. The third-order valence-electron chi connectivity index (χ3n) is 6.50. The number of hydrogen-bond acceptors (Lipinski definition) is 4. The van der Waals surface area contributed by atoms with Gasteiger partial charge in [0.2, 0.25) is 0 Å². The summed E-state index contributed by atoms with van der Waals surface area (Å²) in [6.45, 7) is 3.94. The van der Waals surface area contributed by atoms with Crippen molar-refractivity contribution in [1.82, 2.24) is 0 Å². The van der Waals surface area contributed by atoms with Crippen LogP contribution in [-0.2, 0) is 21.6 Å². The molecule has 0 aliphatic heterocycles. The van der Waals surface area contributed by atoms with E-state index in [1.807, 2.05) is 74.5 Å². The highest BCUT2D eigenvalue weighted by molar-refractivity contribution is 7.95. The smallest absolute Gasteiger partial charge is 0.124 e. The summed E-state index contributed by atoms with van der Waals surface area (Å²) in [6.07, 6.45) is 13.1. The number of aromatic hydroxyl groups is 2. The molecule has 2 N–H and O–H groups in total. The van der Waals surface area contributed by atoms with Crippen molar-refractivity contribution < 1.29 is 18.6 Å². The second kappa shape index (κ2) is 13.0. The van der Waals surface area contributed by atoms with E-state index >= 15 is 0 Å². The molecule has 5 rings (SSSR count). The van der Waals surface area contributed by atoms with Gasteiger partial charge < -0.3 is 10.2 Å². The maximum Gasteiger partial charge on any atom is 0.124 e. The average molecular weight is 547 g/mol. The Morgan fingerprint density at radius 2 is 1.00 bits per heavy atom. The van der Waals surface area contributed by atoms with Crippen molar-refractivity contribution in [3.63, 3.8) is 0 Å². The lowest BCUT2D eigenvalue weighted by Gasteiger charge is -2.16. The van der Waals surface area contributed by atoms with Crippen LogP contribution in [0.3, 0.4) is 0 Å². The third kappa shape index (κ3) is 6.80. The molecule has 0 radical (unpaired) electrons. The fourth-order valence-electron chi connectivity index (χ4n) is 4.31. The Morgan fingerprint density at radius 3 is 1.50 bits per heavy atom. The maximum absolute atomic E-state index is 13.7. The Hall–Kier alpha value is -3.22. The number of phenols is 2. The largest absolute Gasteiger partial charge is 0.507 e. The van der Waals surface area contributed by atoms with Crippen molar-refractivity contribution in [2.24, 2.45) is 0 Å². The summed E-state index contributed by atoms with van der Waals surface area (Å²) in [7, 11) is -3.12. The van der Waals surface area contributed by atoms with Crippen LogP contribution in [-0.4, -0.2) is 18.6 Å². The lowest BCUT2D eigenvalue weighted by atomic mass is 10.1. The second-order valence-corrected chi connectivity index (χ2v) is 12.4.